The molecular formula is C23H24N3O6P. The van der Waals surface area contributed by atoms with Crippen LogP contribution in [0.4, 0.5) is 5.82 Å². The van der Waals surface area contributed by atoms with Gasteiger partial charge in [-0.1, -0.05) is 18.2 Å². The second kappa shape index (κ2) is 9.70. The Morgan fingerprint density at radius 2 is 2.15 bits per heavy atom. The summed E-state index contributed by atoms with van der Waals surface area (Å²) in [5, 5.41) is 1.04. The van der Waals surface area contributed by atoms with Gasteiger partial charge in [0.1, 0.15) is 23.9 Å². The van der Waals surface area contributed by atoms with Gasteiger partial charge in [-0.2, -0.15) is 0 Å². The molecule has 0 radical (unpaired) electrons. The van der Waals surface area contributed by atoms with Crippen molar-refractivity contribution < 1.29 is 28.0 Å². The highest BCUT2D eigenvalue weighted by Gasteiger charge is 2.26. The van der Waals surface area contributed by atoms with Gasteiger partial charge in [0.25, 0.3) is 0 Å². The zero-order valence-electron chi connectivity index (χ0n) is 18.3. The first kappa shape index (κ1) is 22.9. The fraction of sp³-hybridized carbons (Fsp3) is 0.261. The quantitative estimate of drug-likeness (QED) is 0.417. The molecule has 9 nitrogen and oxygen atoms in total. The summed E-state index contributed by atoms with van der Waals surface area (Å²) in [6.45, 7) is 2.00. The van der Waals surface area contributed by atoms with Crippen LogP contribution in [-0.4, -0.2) is 40.4 Å². The third kappa shape index (κ3) is 5.06. The zero-order valence-corrected chi connectivity index (χ0v) is 19.3. The minimum absolute atomic E-state index is 0.189. The molecule has 2 aromatic heterocycles. The normalized spacial score (nSPS) is 14.6. The highest BCUT2D eigenvalue weighted by molar-refractivity contribution is 7.32. The Balaban J connectivity index is 1.45. The Morgan fingerprint density at radius 1 is 1.36 bits per heavy atom. The lowest BCUT2D eigenvalue weighted by Gasteiger charge is -2.27. The molecule has 1 aromatic carbocycles. The van der Waals surface area contributed by atoms with E-state index in [9.17, 15) is 14.2 Å². The van der Waals surface area contributed by atoms with Gasteiger partial charge < -0.3 is 14.2 Å². The van der Waals surface area contributed by atoms with E-state index in [0.717, 1.165) is 27.9 Å². The number of furan rings is 1. The largest absolute Gasteiger partial charge is 0.459 e. The van der Waals surface area contributed by atoms with Crippen LogP contribution in [0.2, 0.25) is 0 Å². The van der Waals surface area contributed by atoms with Crippen LogP contribution in [0.5, 0.6) is 0 Å². The van der Waals surface area contributed by atoms with Crippen molar-refractivity contribution in [2.24, 2.45) is 0 Å². The number of aromatic nitrogens is 1. The summed E-state index contributed by atoms with van der Waals surface area (Å²) < 4.78 is 21.5. The van der Waals surface area contributed by atoms with Gasteiger partial charge in [-0.3, -0.25) is 23.6 Å². The van der Waals surface area contributed by atoms with Crippen LogP contribution < -0.4 is 4.90 Å². The molecule has 1 aliphatic rings. The Morgan fingerprint density at radius 3 is 2.91 bits per heavy atom. The number of hydrogen-bond acceptors (Lipinski definition) is 6. The standard InChI is InChI=1S/C23H24N3O6P/c1-15-18-5-3-4-6-19(18)32-20(15)13-25(2)21(27)9-7-16-11-17-8-10-22(28)26(14-31-33(29)30)23(17)24-12-16/h3-7,9,11-12,33H,8,10,13-14H2,1-2H3,(H,29,30)/b9-7+. The number of likely N-dealkylation sites (N-methyl/N-ethyl adjacent to an activating group) is 1. The molecule has 0 fully saturated rings. The SMILES string of the molecule is Cc1c(CN(C)C(=O)/C=C/c2cnc3c(c2)CCC(=O)N3CO[PH](=O)O)oc2ccccc12. The first-order valence-electron chi connectivity index (χ1n) is 10.4. The van der Waals surface area contributed by atoms with Crippen LogP contribution in [0.15, 0.2) is 47.0 Å². The van der Waals surface area contributed by atoms with Crippen molar-refractivity contribution in [1.82, 2.24) is 9.88 Å². The van der Waals surface area contributed by atoms with Gasteiger partial charge >= 0.3 is 8.25 Å². The van der Waals surface area contributed by atoms with E-state index < -0.39 is 8.25 Å². The second-order valence-corrected chi connectivity index (χ2v) is 8.61. The highest BCUT2D eigenvalue weighted by atomic mass is 31.1. The predicted molar refractivity (Wildman–Crippen MR) is 124 cm³/mol. The number of fused-ring (bicyclic) bond motifs is 2. The summed E-state index contributed by atoms with van der Waals surface area (Å²) in [5.41, 5.74) is 3.33. The Kier molecular flexibility index (Phi) is 6.74. The molecule has 1 aliphatic heterocycles. The molecule has 0 bridgehead atoms. The third-order valence-corrected chi connectivity index (χ3v) is 5.94. The monoisotopic (exact) mass is 469 g/mol. The minimum Gasteiger partial charge on any atom is -0.459 e. The Bertz CT molecular complexity index is 1270. The van der Waals surface area contributed by atoms with E-state index in [1.54, 1.807) is 24.2 Å². The molecule has 0 aliphatic carbocycles. The molecule has 33 heavy (non-hydrogen) atoms. The number of nitrogens with zero attached hydrogens (tertiary/aromatic N) is 3. The van der Waals surface area contributed by atoms with Crippen LogP contribution in [0.25, 0.3) is 17.0 Å². The molecule has 0 saturated heterocycles. The minimum atomic E-state index is -3.16. The number of amides is 2. The number of carbonyl (C=O) groups is 2. The molecule has 3 aromatic rings. The number of anilines is 1. The molecule has 1 atom stereocenters. The maximum atomic E-state index is 12.6. The van der Waals surface area contributed by atoms with Crippen molar-refractivity contribution in [2.45, 2.75) is 26.3 Å². The molecule has 0 spiro atoms. The molecule has 4 rings (SSSR count). The van der Waals surface area contributed by atoms with E-state index in [2.05, 4.69) is 4.98 Å². The molecule has 3 heterocycles. The van der Waals surface area contributed by atoms with Gasteiger partial charge in [0, 0.05) is 36.7 Å². The van der Waals surface area contributed by atoms with Gasteiger partial charge in [0.15, 0.2) is 0 Å². The van der Waals surface area contributed by atoms with Crippen LogP contribution in [-0.2, 0) is 31.6 Å². The fourth-order valence-electron chi connectivity index (χ4n) is 3.75. The zero-order chi connectivity index (χ0) is 23.5. The summed E-state index contributed by atoms with van der Waals surface area (Å²) in [6.07, 6.45) is 5.41. The molecule has 10 heteroatoms. The first-order valence-corrected chi connectivity index (χ1v) is 11.6. The summed E-state index contributed by atoms with van der Waals surface area (Å²) in [5.74, 6) is 0.730. The van der Waals surface area contributed by atoms with Crippen molar-refractivity contribution in [3.8, 4) is 0 Å². The highest BCUT2D eigenvalue weighted by Crippen LogP contribution is 2.29. The lowest BCUT2D eigenvalue weighted by molar-refractivity contribution is -0.125. The number of para-hydroxylation sites is 1. The molecule has 2 amide bonds. The third-order valence-electron chi connectivity index (χ3n) is 5.56. The topological polar surface area (TPSA) is 113 Å². The summed E-state index contributed by atoms with van der Waals surface area (Å²) in [6, 6.07) is 9.61. The number of hydrogen-bond donors (Lipinski definition) is 1. The lowest BCUT2D eigenvalue weighted by atomic mass is 10.0. The van der Waals surface area contributed by atoms with E-state index in [1.807, 2.05) is 37.3 Å². The van der Waals surface area contributed by atoms with Gasteiger partial charge in [-0.25, -0.2) is 4.98 Å². The van der Waals surface area contributed by atoms with Gasteiger partial charge in [0.2, 0.25) is 11.8 Å². The number of carbonyl (C=O) groups excluding carboxylic acids is 2. The second-order valence-electron chi connectivity index (χ2n) is 7.79. The Labute approximate surface area is 191 Å². The van der Waals surface area contributed by atoms with E-state index >= 15 is 0 Å². The molecule has 1 unspecified atom stereocenters. The van der Waals surface area contributed by atoms with E-state index in [1.165, 1.54) is 11.0 Å². The number of pyridine rings is 1. The smallest absolute Gasteiger partial charge is 0.318 e. The lowest BCUT2D eigenvalue weighted by Crippen LogP contribution is -2.37. The maximum Gasteiger partial charge on any atom is 0.318 e. The van der Waals surface area contributed by atoms with Crippen molar-refractivity contribution >= 4 is 42.9 Å². The van der Waals surface area contributed by atoms with Crippen molar-refractivity contribution in [3.63, 3.8) is 0 Å². The van der Waals surface area contributed by atoms with E-state index in [0.29, 0.717) is 24.3 Å². The van der Waals surface area contributed by atoms with Crippen molar-refractivity contribution in [2.75, 3.05) is 18.7 Å². The van der Waals surface area contributed by atoms with Crippen LogP contribution in [0.1, 0.15) is 28.9 Å². The average molecular weight is 469 g/mol. The van der Waals surface area contributed by atoms with Gasteiger partial charge in [-0.15, -0.1) is 0 Å². The van der Waals surface area contributed by atoms with Gasteiger partial charge in [-0.05, 0) is 42.7 Å². The molecule has 1 N–H and O–H groups in total. The first-order chi connectivity index (χ1) is 15.8. The van der Waals surface area contributed by atoms with Crippen molar-refractivity contribution in [3.05, 3.63) is 65.1 Å². The maximum absolute atomic E-state index is 12.6. The van der Waals surface area contributed by atoms with E-state index in [4.69, 9.17) is 13.8 Å². The van der Waals surface area contributed by atoms with E-state index in [-0.39, 0.29) is 25.0 Å². The Hall–Kier alpha value is -3.26. The number of benzene rings is 1. The fourth-order valence-corrected chi connectivity index (χ4v) is 3.99. The molecular weight excluding hydrogens is 445 g/mol. The summed E-state index contributed by atoms with van der Waals surface area (Å²) >= 11 is 0. The number of rotatable bonds is 7. The van der Waals surface area contributed by atoms with Gasteiger partial charge in [0.05, 0.1) is 6.54 Å². The summed E-state index contributed by atoms with van der Waals surface area (Å²) in [7, 11) is -1.45. The van der Waals surface area contributed by atoms with Crippen LogP contribution in [0, 0.1) is 6.92 Å². The van der Waals surface area contributed by atoms with Crippen LogP contribution in [0.3, 0.4) is 0 Å². The summed E-state index contributed by atoms with van der Waals surface area (Å²) in [4.78, 5) is 40.8. The van der Waals surface area contributed by atoms with Crippen LogP contribution >= 0.6 is 8.25 Å². The molecule has 0 saturated carbocycles. The predicted octanol–water partition coefficient (Wildman–Crippen LogP) is 3.44. The number of aryl methyl sites for hydroxylation is 2. The molecule has 172 valence electrons. The van der Waals surface area contributed by atoms with Crippen molar-refractivity contribution in [1.29, 1.82) is 0 Å². The average Bonchev–Trinajstić information content (AvgIpc) is 3.11.